The molecule has 0 aliphatic rings. The van der Waals surface area contributed by atoms with Gasteiger partial charge >= 0.3 is 0 Å². The van der Waals surface area contributed by atoms with E-state index in [4.69, 9.17) is 0 Å². The van der Waals surface area contributed by atoms with Gasteiger partial charge in [-0.3, -0.25) is 0 Å². The lowest BCUT2D eigenvalue weighted by Gasteiger charge is -2.15. The molecule has 0 bridgehead atoms. The average molecular weight is 396 g/mol. The summed E-state index contributed by atoms with van der Waals surface area (Å²) in [5, 5.41) is 1.03. The third-order valence-corrected chi connectivity index (χ3v) is 4.85. The smallest absolute Gasteiger partial charge is 0.0177 e. The minimum Gasteiger partial charge on any atom is -0.0925 e. The van der Waals surface area contributed by atoms with Crippen molar-refractivity contribution in [3.05, 3.63) is 69.2 Å². The van der Waals surface area contributed by atoms with Crippen LogP contribution in [0, 0.1) is 19.8 Å². The van der Waals surface area contributed by atoms with Crippen molar-refractivity contribution in [2.75, 3.05) is 5.33 Å². The maximum Gasteiger partial charge on any atom is 0.0177 e. The topological polar surface area (TPSA) is 0 Å². The van der Waals surface area contributed by atoms with Gasteiger partial charge in [0.25, 0.3) is 0 Å². The Balaban J connectivity index is 2.09. The monoisotopic (exact) mass is 394 g/mol. The van der Waals surface area contributed by atoms with Crippen molar-refractivity contribution in [2.45, 2.75) is 26.7 Å². The fourth-order valence-corrected chi connectivity index (χ4v) is 3.60. The van der Waals surface area contributed by atoms with Gasteiger partial charge in [0, 0.05) is 9.80 Å². The lowest BCUT2D eigenvalue weighted by atomic mass is 9.93. The summed E-state index contributed by atoms with van der Waals surface area (Å²) in [4.78, 5) is 0. The van der Waals surface area contributed by atoms with Gasteiger partial charge in [-0.25, -0.2) is 0 Å². The second kappa shape index (κ2) is 7.42. The Hall–Kier alpha value is -0.600. The van der Waals surface area contributed by atoms with Gasteiger partial charge in [-0.05, 0) is 55.9 Å². The number of hydrogen-bond donors (Lipinski definition) is 0. The van der Waals surface area contributed by atoms with E-state index in [2.05, 4.69) is 88.2 Å². The van der Waals surface area contributed by atoms with Crippen LogP contribution in [0.25, 0.3) is 0 Å². The summed E-state index contributed by atoms with van der Waals surface area (Å²) < 4.78 is 1.16. The number of halogens is 2. The van der Waals surface area contributed by atoms with Crippen LogP contribution in [-0.4, -0.2) is 5.33 Å². The van der Waals surface area contributed by atoms with Crippen LogP contribution in [0.2, 0.25) is 0 Å². The zero-order chi connectivity index (χ0) is 14.5. The molecular formula is C18H20Br2. The van der Waals surface area contributed by atoms with Crippen molar-refractivity contribution < 1.29 is 0 Å². The first kappa shape index (κ1) is 15.8. The molecule has 106 valence electrons. The molecule has 20 heavy (non-hydrogen) atoms. The standard InChI is InChI=1S/C18H20Br2/c1-13-6-14(2)8-16(7-13)10-17(12-19)9-15-4-3-5-18(20)11-15/h3-8,11,17H,9-10,12H2,1-2H3. The van der Waals surface area contributed by atoms with Crippen LogP contribution in [-0.2, 0) is 12.8 Å². The minimum absolute atomic E-state index is 0.630. The first-order valence-electron chi connectivity index (χ1n) is 6.94. The van der Waals surface area contributed by atoms with E-state index in [9.17, 15) is 0 Å². The normalized spacial score (nSPS) is 12.4. The molecule has 0 aliphatic heterocycles. The van der Waals surface area contributed by atoms with Gasteiger partial charge in [-0.15, -0.1) is 0 Å². The van der Waals surface area contributed by atoms with Gasteiger partial charge in [0.1, 0.15) is 0 Å². The summed E-state index contributed by atoms with van der Waals surface area (Å²) in [6.07, 6.45) is 2.23. The Bertz CT molecular complexity index is 555. The summed E-state index contributed by atoms with van der Waals surface area (Å²) >= 11 is 7.22. The van der Waals surface area contributed by atoms with E-state index in [1.807, 2.05) is 0 Å². The minimum atomic E-state index is 0.630. The second-order valence-corrected chi connectivity index (χ2v) is 7.12. The Morgan fingerprint density at radius 3 is 2.15 bits per heavy atom. The number of benzene rings is 2. The number of rotatable bonds is 5. The summed E-state index contributed by atoms with van der Waals surface area (Å²) in [5.74, 6) is 0.630. The molecule has 1 unspecified atom stereocenters. The van der Waals surface area contributed by atoms with Crippen LogP contribution >= 0.6 is 31.9 Å². The molecule has 0 fully saturated rings. The average Bonchev–Trinajstić information content (AvgIpc) is 2.36. The summed E-state index contributed by atoms with van der Waals surface area (Å²) in [5.41, 5.74) is 5.56. The maximum absolute atomic E-state index is 3.67. The molecule has 2 heteroatoms. The molecule has 2 aromatic rings. The van der Waals surface area contributed by atoms with Crippen LogP contribution < -0.4 is 0 Å². The zero-order valence-electron chi connectivity index (χ0n) is 12.0. The maximum atomic E-state index is 3.67. The van der Waals surface area contributed by atoms with Crippen LogP contribution in [0.3, 0.4) is 0 Å². The van der Waals surface area contributed by atoms with E-state index in [-0.39, 0.29) is 0 Å². The van der Waals surface area contributed by atoms with Gasteiger partial charge in [-0.1, -0.05) is 73.3 Å². The second-order valence-electron chi connectivity index (χ2n) is 5.55. The van der Waals surface area contributed by atoms with E-state index in [0.717, 1.165) is 22.6 Å². The highest BCUT2D eigenvalue weighted by molar-refractivity contribution is 9.10. The molecule has 0 radical (unpaired) electrons. The van der Waals surface area contributed by atoms with Crippen molar-refractivity contribution in [1.82, 2.24) is 0 Å². The van der Waals surface area contributed by atoms with Gasteiger partial charge in [0.2, 0.25) is 0 Å². The SMILES string of the molecule is Cc1cc(C)cc(CC(CBr)Cc2cccc(Br)c2)c1. The fraction of sp³-hybridized carbons (Fsp3) is 0.333. The highest BCUT2D eigenvalue weighted by Gasteiger charge is 2.10. The predicted molar refractivity (Wildman–Crippen MR) is 94.8 cm³/mol. The van der Waals surface area contributed by atoms with E-state index in [1.54, 1.807) is 0 Å². The van der Waals surface area contributed by atoms with Crippen molar-refractivity contribution in [2.24, 2.45) is 5.92 Å². The Labute approximate surface area is 138 Å². The van der Waals surface area contributed by atoms with Crippen LogP contribution in [0.1, 0.15) is 22.3 Å². The van der Waals surface area contributed by atoms with Crippen molar-refractivity contribution >= 4 is 31.9 Å². The molecule has 1 atom stereocenters. The molecule has 0 saturated carbocycles. The number of alkyl halides is 1. The lowest BCUT2D eigenvalue weighted by Crippen LogP contribution is -2.10. The van der Waals surface area contributed by atoms with Crippen molar-refractivity contribution in [1.29, 1.82) is 0 Å². The van der Waals surface area contributed by atoms with Crippen molar-refractivity contribution in [3.63, 3.8) is 0 Å². The van der Waals surface area contributed by atoms with Crippen LogP contribution in [0.4, 0.5) is 0 Å². The summed E-state index contributed by atoms with van der Waals surface area (Å²) in [7, 11) is 0. The Kier molecular flexibility index (Phi) is 5.86. The van der Waals surface area contributed by atoms with Gasteiger partial charge in [0.05, 0.1) is 0 Å². The summed E-state index contributed by atoms with van der Waals surface area (Å²) in [6, 6.07) is 15.5. The van der Waals surface area contributed by atoms with Gasteiger partial charge < -0.3 is 0 Å². The number of hydrogen-bond acceptors (Lipinski definition) is 0. The van der Waals surface area contributed by atoms with E-state index in [0.29, 0.717) is 5.92 Å². The zero-order valence-corrected chi connectivity index (χ0v) is 15.2. The quantitative estimate of drug-likeness (QED) is 0.556. The fourth-order valence-electron chi connectivity index (χ4n) is 2.70. The first-order chi connectivity index (χ1) is 9.56. The highest BCUT2D eigenvalue weighted by Crippen LogP contribution is 2.21. The molecule has 2 aromatic carbocycles. The van der Waals surface area contributed by atoms with Gasteiger partial charge in [0.15, 0.2) is 0 Å². The predicted octanol–water partition coefficient (Wildman–Crippen LogP) is 5.86. The highest BCUT2D eigenvalue weighted by atomic mass is 79.9. The molecule has 0 N–H and O–H groups in total. The number of aryl methyl sites for hydroxylation is 2. The Morgan fingerprint density at radius 1 is 0.900 bits per heavy atom. The molecule has 0 aliphatic carbocycles. The molecule has 0 spiro atoms. The molecule has 0 heterocycles. The van der Waals surface area contributed by atoms with E-state index < -0.39 is 0 Å². The van der Waals surface area contributed by atoms with E-state index in [1.165, 1.54) is 22.3 Å². The van der Waals surface area contributed by atoms with Crippen molar-refractivity contribution in [3.8, 4) is 0 Å². The molecule has 0 nitrogen and oxygen atoms in total. The molecule has 0 amide bonds. The Morgan fingerprint density at radius 2 is 1.55 bits per heavy atom. The van der Waals surface area contributed by atoms with Gasteiger partial charge in [-0.2, -0.15) is 0 Å². The van der Waals surface area contributed by atoms with Crippen LogP contribution in [0.5, 0.6) is 0 Å². The largest absolute Gasteiger partial charge is 0.0925 e. The molecule has 2 rings (SSSR count). The molecule has 0 saturated heterocycles. The van der Waals surface area contributed by atoms with E-state index >= 15 is 0 Å². The third kappa shape index (κ3) is 4.75. The third-order valence-electron chi connectivity index (χ3n) is 3.44. The lowest BCUT2D eigenvalue weighted by molar-refractivity contribution is 0.591. The first-order valence-corrected chi connectivity index (χ1v) is 8.86. The van der Waals surface area contributed by atoms with Crippen LogP contribution in [0.15, 0.2) is 46.9 Å². The summed E-state index contributed by atoms with van der Waals surface area (Å²) in [6.45, 7) is 4.35. The molecule has 0 aromatic heterocycles. The molecular weight excluding hydrogens is 376 g/mol.